The van der Waals surface area contributed by atoms with Crippen LogP contribution in [-0.2, 0) is 16.0 Å². The van der Waals surface area contributed by atoms with Crippen LogP contribution in [0.2, 0.25) is 0 Å². The van der Waals surface area contributed by atoms with Crippen LogP contribution in [0.4, 0.5) is 0 Å². The third-order valence-electron chi connectivity index (χ3n) is 6.94. The predicted molar refractivity (Wildman–Crippen MR) is 112 cm³/mol. The third-order valence-corrected chi connectivity index (χ3v) is 6.94. The highest BCUT2D eigenvalue weighted by molar-refractivity contribution is 5.78. The molecule has 158 valence electrons. The van der Waals surface area contributed by atoms with Crippen LogP contribution in [0.5, 0.6) is 5.75 Å². The summed E-state index contributed by atoms with van der Waals surface area (Å²) in [5.41, 5.74) is 1.21. The maximum absolute atomic E-state index is 12.7. The predicted octanol–water partition coefficient (Wildman–Crippen LogP) is 2.12. The second-order valence-electron chi connectivity index (χ2n) is 8.75. The number of carbonyl (C=O) groups excluding carboxylic acids is 2. The summed E-state index contributed by atoms with van der Waals surface area (Å²) in [7, 11) is 1.66. The second-order valence-corrected chi connectivity index (χ2v) is 8.75. The van der Waals surface area contributed by atoms with E-state index in [1.165, 1.54) is 12.0 Å². The van der Waals surface area contributed by atoms with Gasteiger partial charge in [0.05, 0.1) is 13.2 Å². The number of piperidine rings is 3. The summed E-state index contributed by atoms with van der Waals surface area (Å²) in [4.78, 5) is 27.3. The molecule has 0 saturated carbocycles. The number of aryl methyl sites for hydroxylation is 1. The number of carbonyl (C=O) groups is 2. The summed E-state index contributed by atoms with van der Waals surface area (Å²) in [6.07, 6.45) is 6.17. The quantitative estimate of drug-likeness (QED) is 0.737. The molecule has 4 rings (SSSR count). The molecule has 2 amide bonds. The number of amides is 2. The minimum absolute atomic E-state index is 0.0883. The van der Waals surface area contributed by atoms with Crippen LogP contribution in [0.15, 0.2) is 24.3 Å². The molecule has 1 aromatic carbocycles. The summed E-state index contributed by atoms with van der Waals surface area (Å²) in [5.74, 6) is 2.26. The van der Waals surface area contributed by atoms with Crippen molar-refractivity contribution in [3.05, 3.63) is 29.8 Å². The van der Waals surface area contributed by atoms with Gasteiger partial charge in [-0.05, 0) is 68.2 Å². The Kier molecular flexibility index (Phi) is 6.38. The average Bonchev–Trinajstić information content (AvgIpc) is 2.75. The summed E-state index contributed by atoms with van der Waals surface area (Å²) >= 11 is 0. The first-order valence-electron chi connectivity index (χ1n) is 11.1. The van der Waals surface area contributed by atoms with Crippen molar-refractivity contribution < 1.29 is 14.3 Å². The van der Waals surface area contributed by atoms with Crippen LogP contribution in [0.3, 0.4) is 0 Å². The number of ether oxygens (including phenoxy) is 1. The molecule has 0 radical (unpaired) electrons. The van der Waals surface area contributed by atoms with Gasteiger partial charge in [-0.1, -0.05) is 12.1 Å². The van der Waals surface area contributed by atoms with Gasteiger partial charge in [0.15, 0.2) is 0 Å². The number of hydrogen-bond donors (Lipinski definition) is 2. The Labute approximate surface area is 173 Å². The zero-order valence-electron chi connectivity index (χ0n) is 17.4. The molecule has 3 saturated heterocycles. The van der Waals surface area contributed by atoms with Gasteiger partial charge in [-0.25, -0.2) is 0 Å². The average molecular weight is 400 g/mol. The number of hydrogen-bond acceptors (Lipinski definition) is 4. The van der Waals surface area contributed by atoms with Gasteiger partial charge in [0.1, 0.15) is 5.75 Å². The Bertz CT molecular complexity index is 721. The first-order chi connectivity index (χ1) is 14.2. The van der Waals surface area contributed by atoms with Crippen molar-refractivity contribution in [1.82, 2.24) is 15.5 Å². The van der Waals surface area contributed by atoms with Crippen LogP contribution >= 0.6 is 0 Å². The van der Waals surface area contributed by atoms with E-state index in [-0.39, 0.29) is 17.9 Å². The van der Waals surface area contributed by atoms with E-state index in [2.05, 4.69) is 15.5 Å². The zero-order chi connectivity index (χ0) is 20.2. The van der Waals surface area contributed by atoms with Crippen molar-refractivity contribution in [1.29, 1.82) is 0 Å². The van der Waals surface area contributed by atoms with E-state index in [9.17, 15) is 9.59 Å². The lowest BCUT2D eigenvalue weighted by molar-refractivity contribution is -0.149. The molecule has 2 bridgehead atoms. The Morgan fingerprint density at radius 1 is 1.24 bits per heavy atom. The number of benzene rings is 1. The first-order valence-corrected chi connectivity index (χ1v) is 11.1. The number of rotatable bonds is 7. The fraction of sp³-hybridized carbons (Fsp3) is 0.652. The minimum Gasteiger partial charge on any atom is -0.497 e. The van der Waals surface area contributed by atoms with E-state index >= 15 is 0 Å². The van der Waals surface area contributed by atoms with Crippen molar-refractivity contribution in [2.45, 2.75) is 57.0 Å². The molecular weight excluding hydrogens is 366 g/mol. The molecule has 3 fully saturated rings. The second kappa shape index (κ2) is 9.16. The van der Waals surface area contributed by atoms with Crippen LogP contribution in [-0.4, -0.2) is 55.5 Å². The monoisotopic (exact) mass is 399 g/mol. The van der Waals surface area contributed by atoms with Gasteiger partial charge in [-0.3, -0.25) is 9.59 Å². The van der Waals surface area contributed by atoms with Crippen molar-refractivity contribution in [3.63, 3.8) is 0 Å². The van der Waals surface area contributed by atoms with Crippen LogP contribution in [0.1, 0.15) is 44.1 Å². The topological polar surface area (TPSA) is 70.7 Å². The van der Waals surface area contributed by atoms with Crippen LogP contribution in [0.25, 0.3) is 0 Å². The lowest BCUT2D eigenvalue weighted by Crippen LogP contribution is -2.66. The SMILES string of the molecule is COc1ccc(CCCC(=O)NC[C@H]2[C@@H]3CNC[C@@H](C3)[C@@H]3CCCC(=O)N32)cc1. The molecule has 6 nitrogen and oxygen atoms in total. The molecule has 0 unspecified atom stereocenters. The fourth-order valence-electron chi connectivity index (χ4n) is 5.45. The van der Waals surface area contributed by atoms with Crippen molar-refractivity contribution >= 4 is 11.8 Å². The molecule has 3 aliphatic rings. The Morgan fingerprint density at radius 3 is 2.83 bits per heavy atom. The van der Waals surface area contributed by atoms with Gasteiger partial charge in [0, 0.05) is 32.0 Å². The molecule has 29 heavy (non-hydrogen) atoms. The summed E-state index contributed by atoms with van der Waals surface area (Å²) in [6.45, 7) is 2.56. The molecule has 4 atom stereocenters. The summed E-state index contributed by atoms with van der Waals surface area (Å²) < 4.78 is 5.18. The lowest BCUT2D eigenvalue weighted by Gasteiger charge is -2.54. The number of nitrogens with zero attached hydrogens (tertiary/aromatic N) is 1. The molecule has 6 heteroatoms. The van der Waals surface area contributed by atoms with E-state index < -0.39 is 0 Å². The van der Waals surface area contributed by atoms with Crippen molar-refractivity contribution in [2.24, 2.45) is 11.8 Å². The molecule has 1 aromatic rings. The molecule has 0 aliphatic carbocycles. The maximum Gasteiger partial charge on any atom is 0.223 e. The number of fused-ring (bicyclic) bond motifs is 4. The minimum atomic E-state index is 0.0883. The van der Waals surface area contributed by atoms with E-state index in [4.69, 9.17) is 4.74 Å². The van der Waals surface area contributed by atoms with Gasteiger partial charge in [0.2, 0.25) is 11.8 Å². The van der Waals surface area contributed by atoms with Crippen molar-refractivity contribution in [3.8, 4) is 5.75 Å². The van der Waals surface area contributed by atoms with Crippen molar-refractivity contribution in [2.75, 3.05) is 26.7 Å². The highest BCUT2D eigenvalue weighted by atomic mass is 16.5. The lowest BCUT2D eigenvalue weighted by atomic mass is 9.72. The van der Waals surface area contributed by atoms with Gasteiger partial charge in [0.25, 0.3) is 0 Å². The standard InChI is InChI=1S/C23H33N3O3/c1-29-19-10-8-16(9-11-19)4-2-6-22(27)25-15-21-18-12-17(13-24-14-18)20-5-3-7-23(28)26(20)21/h8-11,17-18,20-21,24H,2-7,12-15H2,1H3,(H,25,27)/t17-,18+,20+,21+/m1/s1. The van der Waals surface area contributed by atoms with E-state index in [1.54, 1.807) is 7.11 Å². The Morgan fingerprint density at radius 2 is 2.03 bits per heavy atom. The Hall–Kier alpha value is -2.08. The Balaban J connectivity index is 1.27. The van der Waals surface area contributed by atoms with Gasteiger partial charge < -0.3 is 20.3 Å². The number of methoxy groups -OCH3 is 1. The highest BCUT2D eigenvalue weighted by Crippen LogP contribution is 2.39. The maximum atomic E-state index is 12.7. The number of nitrogens with one attached hydrogen (secondary N) is 2. The van der Waals surface area contributed by atoms with Gasteiger partial charge >= 0.3 is 0 Å². The normalized spacial score (nSPS) is 28.6. The van der Waals surface area contributed by atoms with Gasteiger partial charge in [-0.15, -0.1) is 0 Å². The molecule has 2 N–H and O–H groups in total. The summed E-state index contributed by atoms with van der Waals surface area (Å²) in [6, 6.07) is 8.51. The van der Waals surface area contributed by atoms with E-state index in [0.29, 0.717) is 37.3 Å². The molecular formula is C23H33N3O3. The smallest absolute Gasteiger partial charge is 0.223 e. The van der Waals surface area contributed by atoms with Gasteiger partial charge in [-0.2, -0.15) is 0 Å². The molecule has 3 aliphatic heterocycles. The molecule has 0 spiro atoms. The summed E-state index contributed by atoms with van der Waals surface area (Å²) in [5, 5.41) is 6.69. The highest BCUT2D eigenvalue weighted by Gasteiger charge is 2.47. The van der Waals surface area contributed by atoms with E-state index in [0.717, 1.165) is 44.5 Å². The first kappa shape index (κ1) is 20.2. The largest absolute Gasteiger partial charge is 0.497 e. The third kappa shape index (κ3) is 4.58. The fourth-order valence-corrected chi connectivity index (χ4v) is 5.45. The van der Waals surface area contributed by atoms with Crippen LogP contribution in [0, 0.1) is 11.8 Å². The van der Waals surface area contributed by atoms with E-state index in [1.807, 2.05) is 24.3 Å². The zero-order valence-corrected chi connectivity index (χ0v) is 17.4. The molecule has 0 aromatic heterocycles. The molecule has 3 heterocycles. The van der Waals surface area contributed by atoms with Crippen LogP contribution < -0.4 is 15.4 Å².